The standard InChI is InChI=1S/C14H11F2NO/c1-9-8-17-6-5-11(9)13(18)7-10-3-2-4-12(15)14(10)16/h2-6,8H,7H2,1H3. The second kappa shape index (κ2) is 5.04. The van der Waals surface area contributed by atoms with Gasteiger partial charge in [-0.2, -0.15) is 0 Å². The zero-order chi connectivity index (χ0) is 13.1. The van der Waals surface area contributed by atoms with Crippen LogP contribution in [0.2, 0.25) is 0 Å². The van der Waals surface area contributed by atoms with E-state index >= 15 is 0 Å². The quantitative estimate of drug-likeness (QED) is 0.780. The average molecular weight is 247 g/mol. The molecule has 0 saturated heterocycles. The lowest BCUT2D eigenvalue weighted by atomic mass is 10.0. The minimum Gasteiger partial charge on any atom is -0.294 e. The highest BCUT2D eigenvalue weighted by Gasteiger charge is 2.14. The lowest BCUT2D eigenvalue weighted by Gasteiger charge is -2.05. The molecule has 92 valence electrons. The van der Waals surface area contributed by atoms with E-state index in [9.17, 15) is 13.6 Å². The van der Waals surface area contributed by atoms with Crippen molar-refractivity contribution in [3.63, 3.8) is 0 Å². The maximum Gasteiger partial charge on any atom is 0.167 e. The summed E-state index contributed by atoms with van der Waals surface area (Å²) in [4.78, 5) is 15.9. The second-order valence-corrected chi connectivity index (χ2v) is 4.00. The SMILES string of the molecule is Cc1cnccc1C(=O)Cc1cccc(F)c1F. The number of hydrogen-bond donors (Lipinski definition) is 0. The van der Waals surface area contributed by atoms with Crippen molar-refractivity contribution in [1.82, 2.24) is 4.98 Å². The van der Waals surface area contributed by atoms with Crippen LogP contribution in [0.15, 0.2) is 36.7 Å². The van der Waals surface area contributed by atoms with Crippen LogP contribution in [0.3, 0.4) is 0 Å². The number of pyridine rings is 1. The molecular formula is C14H11F2NO. The summed E-state index contributed by atoms with van der Waals surface area (Å²) in [5.41, 5.74) is 1.27. The van der Waals surface area contributed by atoms with Crippen molar-refractivity contribution in [2.75, 3.05) is 0 Å². The van der Waals surface area contributed by atoms with Gasteiger partial charge < -0.3 is 0 Å². The molecule has 0 aliphatic rings. The lowest BCUT2D eigenvalue weighted by Crippen LogP contribution is -2.08. The Hall–Kier alpha value is -2.10. The van der Waals surface area contributed by atoms with Crippen molar-refractivity contribution < 1.29 is 13.6 Å². The van der Waals surface area contributed by atoms with E-state index in [1.807, 2.05) is 0 Å². The van der Waals surface area contributed by atoms with E-state index in [-0.39, 0.29) is 17.8 Å². The first-order chi connectivity index (χ1) is 8.59. The van der Waals surface area contributed by atoms with Gasteiger partial charge in [0.05, 0.1) is 0 Å². The van der Waals surface area contributed by atoms with Crippen LogP contribution in [0.25, 0.3) is 0 Å². The normalized spacial score (nSPS) is 10.4. The zero-order valence-electron chi connectivity index (χ0n) is 9.78. The maximum absolute atomic E-state index is 13.4. The number of benzene rings is 1. The van der Waals surface area contributed by atoms with Crippen LogP contribution >= 0.6 is 0 Å². The monoisotopic (exact) mass is 247 g/mol. The molecule has 2 aromatic rings. The van der Waals surface area contributed by atoms with Gasteiger partial charge in [0.1, 0.15) is 0 Å². The third-order valence-corrected chi connectivity index (χ3v) is 2.70. The van der Waals surface area contributed by atoms with Crippen molar-refractivity contribution >= 4 is 5.78 Å². The van der Waals surface area contributed by atoms with Crippen molar-refractivity contribution in [3.8, 4) is 0 Å². The molecule has 2 rings (SSSR count). The molecule has 0 saturated carbocycles. The second-order valence-electron chi connectivity index (χ2n) is 4.00. The molecule has 0 atom stereocenters. The van der Waals surface area contributed by atoms with E-state index in [4.69, 9.17) is 0 Å². The van der Waals surface area contributed by atoms with E-state index in [0.717, 1.165) is 11.6 Å². The average Bonchev–Trinajstić information content (AvgIpc) is 2.35. The molecule has 0 N–H and O–H groups in total. The predicted octanol–water partition coefficient (Wildman–Crippen LogP) is 3.09. The van der Waals surface area contributed by atoms with Crippen LogP contribution < -0.4 is 0 Å². The largest absolute Gasteiger partial charge is 0.294 e. The van der Waals surface area contributed by atoms with E-state index in [1.165, 1.54) is 18.3 Å². The summed E-state index contributed by atoms with van der Waals surface area (Å²) < 4.78 is 26.5. The van der Waals surface area contributed by atoms with Crippen LogP contribution in [0.1, 0.15) is 21.5 Å². The zero-order valence-corrected chi connectivity index (χ0v) is 9.78. The van der Waals surface area contributed by atoms with Gasteiger partial charge in [0.25, 0.3) is 0 Å². The Morgan fingerprint density at radius 2 is 2.06 bits per heavy atom. The van der Waals surface area contributed by atoms with Gasteiger partial charge in [0.15, 0.2) is 17.4 Å². The Labute approximate surface area is 103 Å². The summed E-state index contributed by atoms with van der Waals surface area (Å²) >= 11 is 0. The van der Waals surface area contributed by atoms with Gasteiger partial charge in [-0.3, -0.25) is 9.78 Å². The molecule has 0 bridgehead atoms. The van der Waals surface area contributed by atoms with Gasteiger partial charge in [0.2, 0.25) is 0 Å². The molecule has 1 aromatic carbocycles. The summed E-state index contributed by atoms with van der Waals surface area (Å²) in [6, 6.07) is 5.41. The molecule has 0 aliphatic heterocycles. The number of nitrogens with zero attached hydrogens (tertiary/aromatic N) is 1. The topological polar surface area (TPSA) is 30.0 Å². The highest BCUT2D eigenvalue weighted by molar-refractivity contribution is 5.98. The minimum absolute atomic E-state index is 0.0659. The van der Waals surface area contributed by atoms with Crippen molar-refractivity contribution in [1.29, 1.82) is 0 Å². The van der Waals surface area contributed by atoms with E-state index < -0.39 is 11.6 Å². The molecule has 1 heterocycles. The predicted molar refractivity (Wildman–Crippen MR) is 63.4 cm³/mol. The summed E-state index contributed by atoms with van der Waals surface area (Å²) in [5, 5.41) is 0. The third-order valence-electron chi connectivity index (χ3n) is 2.70. The van der Waals surface area contributed by atoms with Crippen LogP contribution in [-0.2, 0) is 6.42 Å². The third kappa shape index (κ3) is 2.42. The van der Waals surface area contributed by atoms with Gasteiger partial charge in [-0.15, -0.1) is 0 Å². The highest BCUT2D eigenvalue weighted by atomic mass is 19.2. The first-order valence-electron chi connectivity index (χ1n) is 5.46. The summed E-state index contributed by atoms with van der Waals surface area (Å²) in [7, 11) is 0. The number of rotatable bonds is 3. The number of aromatic nitrogens is 1. The molecule has 2 nitrogen and oxygen atoms in total. The number of ketones is 1. The molecular weight excluding hydrogens is 236 g/mol. The molecule has 1 aromatic heterocycles. The number of halogens is 2. The fourth-order valence-electron chi connectivity index (χ4n) is 1.74. The number of aryl methyl sites for hydroxylation is 1. The number of carbonyl (C=O) groups is 1. The Bertz CT molecular complexity index is 596. The Morgan fingerprint density at radius 3 is 2.78 bits per heavy atom. The molecule has 0 unspecified atom stereocenters. The Morgan fingerprint density at radius 1 is 1.28 bits per heavy atom. The van der Waals surface area contributed by atoms with Gasteiger partial charge in [-0.1, -0.05) is 12.1 Å². The van der Waals surface area contributed by atoms with Crippen LogP contribution in [-0.4, -0.2) is 10.8 Å². The fraction of sp³-hybridized carbons (Fsp3) is 0.143. The van der Waals surface area contributed by atoms with Gasteiger partial charge in [-0.25, -0.2) is 8.78 Å². The summed E-state index contributed by atoms with van der Waals surface area (Å²) in [5.74, 6) is -2.15. The maximum atomic E-state index is 13.4. The van der Waals surface area contributed by atoms with Crippen LogP contribution in [0.4, 0.5) is 8.78 Å². The smallest absolute Gasteiger partial charge is 0.167 e. The molecule has 0 amide bonds. The number of hydrogen-bond acceptors (Lipinski definition) is 2. The fourth-order valence-corrected chi connectivity index (χ4v) is 1.74. The Kier molecular flexibility index (Phi) is 3.46. The van der Waals surface area contributed by atoms with Crippen LogP contribution in [0.5, 0.6) is 0 Å². The molecule has 4 heteroatoms. The van der Waals surface area contributed by atoms with E-state index in [1.54, 1.807) is 19.2 Å². The lowest BCUT2D eigenvalue weighted by molar-refractivity contribution is 0.0991. The summed E-state index contributed by atoms with van der Waals surface area (Å²) in [6.07, 6.45) is 2.91. The first kappa shape index (κ1) is 12.4. The first-order valence-corrected chi connectivity index (χ1v) is 5.46. The summed E-state index contributed by atoms with van der Waals surface area (Å²) in [6.45, 7) is 1.75. The van der Waals surface area contributed by atoms with Crippen LogP contribution in [0, 0.1) is 18.6 Å². The van der Waals surface area contributed by atoms with Crippen molar-refractivity contribution in [3.05, 3.63) is 65.0 Å². The molecule has 0 spiro atoms. The van der Waals surface area contributed by atoms with Gasteiger partial charge in [-0.05, 0) is 30.2 Å². The number of Topliss-reactive ketones (excluding diaryl/α,β-unsaturated/α-hetero) is 1. The molecule has 18 heavy (non-hydrogen) atoms. The molecule has 0 fully saturated rings. The van der Waals surface area contributed by atoms with E-state index in [0.29, 0.717) is 5.56 Å². The highest BCUT2D eigenvalue weighted by Crippen LogP contribution is 2.15. The van der Waals surface area contributed by atoms with Crippen molar-refractivity contribution in [2.45, 2.75) is 13.3 Å². The van der Waals surface area contributed by atoms with Gasteiger partial charge in [0, 0.05) is 24.4 Å². The van der Waals surface area contributed by atoms with Crippen molar-refractivity contribution in [2.24, 2.45) is 0 Å². The number of carbonyl (C=O) groups excluding carboxylic acids is 1. The Balaban J connectivity index is 2.27. The minimum atomic E-state index is -0.961. The van der Waals surface area contributed by atoms with Gasteiger partial charge >= 0.3 is 0 Å². The van der Waals surface area contributed by atoms with E-state index in [2.05, 4.69) is 4.98 Å². The molecule has 0 radical (unpaired) electrons. The molecule has 0 aliphatic carbocycles.